The van der Waals surface area contributed by atoms with Crippen molar-refractivity contribution in [3.63, 3.8) is 0 Å². The average Bonchev–Trinajstić information content (AvgIpc) is 2.60. The fourth-order valence-electron chi connectivity index (χ4n) is 2.40. The Morgan fingerprint density at radius 2 is 1.42 bits per heavy atom. The van der Waals surface area contributed by atoms with E-state index in [-0.39, 0.29) is 0 Å². The Bertz CT molecular complexity index is 693. The van der Waals surface area contributed by atoms with Gasteiger partial charge >= 0.3 is 7.60 Å². The van der Waals surface area contributed by atoms with Gasteiger partial charge in [0.25, 0.3) is 0 Å². The molecule has 0 aliphatic carbocycles. The summed E-state index contributed by atoms with van der Waals surface area (Å²) < 4.78 is 23.4. The van der Waals surface area contributed by atoms with Crippen LogP contribution in [0.15, 0.2) is 48.5 Å². The molecule has 0 unspecified atom stereocenters. The van der Waals surface area contributed by atoms with Crippen molar-refractivity contribution in [3.8, 4) is 0 Å². The Balaban J connectivity index is 2.35. The van der Waals surface area contributed by atoms with E-state index < -0.39 is 13.4 Å². The standard InChI is InChI=1S/C18H23ClNO3P/c1-13(2)14-7-11-17(12-8-14)20-18(24(21,22-3)23-4)15-5-9-16(19)10-6-15/h5-13,18,20H,1-4H3/t18-/m0/s1. The number of hydrogen-bond donors (Lipinski definition) is 1. The first-order valence-corrected chi connectivity index (χ1v) is 9.71. The Labute approximate surface area is 148 Å². The Morgan fingerprint density at radius 1 is 0.917 bits per heavy atom. The first-order valence-electron chi connectivity index (χ1n) is 7.72. The third-order valence-electron chi connectivity index (χ3n) is 3.89. The van der Waals surface area contributed by atoms with Gasteiger partial charge in [0.1, 0.15) is 0 Å². The number of halogens is 1. The summed E-state index contributed by atoms with van der Waals surface area (Å²) in [4.78, 5) is 0. The zero-order valence-corrected chi connectivity index (χ0v) is 16.0. The van der Waals surface area contributed by atoms with Crippen molar-refractivity contribution in [3.05, 3.63) is 64.7 Å². The maximum Gasteiger partial charge on any atom is 0.356 e. The first kappa shape index (κ1) is 19.0. The zero-order valence-electron chi connectivity index (χ0n) is 14.3. The lowest BCUT2D eigenvalue weighted by Gasteiger charge is -2.26. The molecule has 0 aromatic heterocycles. The van der Waals surface area contributed by atoms with Gasteiger partial charge < -0.3 is 14.4 Å². The first-order chi connectivity index (χ1) is 11.4. The van der Waals surface area contributed by atoms with Crippen molar-refractivity contribution >= 4 is 24.9 Å². The average molecular weight is 368 g/mol. The van der Waals surface area contributed by atoms with Gasteiger partial charge in [0.05, 0.1) is 0 Å². The van der Waals surface area contributed by atoms with E-state index in [1.165, 1.54) is 19.8 Å². The van der Waals surface area contributed by atoms with E-state index in [9.17, 15) is 4.57 Å². The molecule has 4 nitrogen and oxygen atoms in total. The predicted octanol–water partition coefficient (Wildman–Crippen LogP) is 6.06. The van der Waals surface area contributed by atoms with Gasteiger partial charge in [-0.2, -0.15) is 0 Å². The summed E-state index contributed by atoms with van der Waals surface area (Å²) >= 11 is 5.95. The van der Waals surface area contributed by atoms with Crippen LogP contribution in [0.4, 0.5) is 5.69 Å². The maximum absolute atomic E-state index is 13.0. The molecule has 0 spiro atoms. The van der Waals surface area contributed by atoms with Gasteiger partial charge in [-0.1, -0.05) is 49.7 Å². The molecule has 0 fully saturated rings. The van der Waals surface area contributed by atoms with Crippen molar-refractivity contribution in [1.29, 1.82) is 0 Å². The highest BCUT2D eigenvalue weighted by molar-refractivity contribution is 7.54. The van der Waals surface area contributed by atoms with E-state index in [1.54, 1.807) is 12.1 Å². The minimum atomic E-state index is -3.38. The van der Waals surface area contributed by atoms with Gasteiger partial charge in [-0.25, -0.2) is 0 Å². The van der Waals surface area contributed by atoms with Crippen molar-refractivity contribution in [1.82, 2.24) is 0 Å². The summed E-state index contributed by atoms with van der Waals surface area (Å²) in [5.74, 6) is -0.176. The highest BCUT2D eigenvalue weighted by Crippen LogP contribution is 2.59. The van der Waals surface area contributed by atoms with Crippen LogP contribution in [0, 0.1) is 0 Å². The molecular formula is C18H23ClNO3P. The van der Waals surface area contributed by atoms with E-state index in [2.05, 4.69) is 31.3 Å². The summed E-state index contributed by atoms with van der Waals surface area (Å²) in [6.07, 6.45) is 0. The Hall–Kier alpha value is -1.32. The van der Waals surface area contributed by atoms with E-state index in [4.69, 9.17) is 20.6 Å². The normalized spacial score (nSPS) is 13.1. The zero-order chi connectivity index (χ0) is 17.7. The summed E-state index contributed by atoms with van der Waals surface area (Å²) in [5.41, 5.74) is 2.86. The Kier molecular flexibility index (Phi) is 6.47. The molecule has 0 saturated heterocycles. The van der Waals surface area contributed by atoms with Crippen LogP contribution in [0.5, 0.6) is 0 Å². The molecule has 0 amide bonds. The quantitative estimate of drug-likeness (QED) is 0.604. The van der Waals surface area contributed by atoms with Crippen LogP contribution in [0.2, 0.25) is 5.02 Å². The number of anilines is 1. The van der Waals surface area contributed by atoms with E-state index >= 15 is 0 Å². The smallest absolute Gasteiger partial charge is 0.356 e. The Morgan fingerprint density at radius 3 is 1.88 bits per heavy atom. The molecule has 0 aliphatic heterocycles. The molecule has 0 aliphatic rings. The minimum absolute atomic E-state index is 0.454. The number of nitrogens with one attached hydrogen (secondary N) is 1. The van der Waals surface area contributed by atoms with Crippen molar-refractivity contribution in [2.24, 2.45) is 0 Å². The second kappa shape index (κ2) is 8.17. The topological polar surface area (TPSA) is 47.6 Å². The van der Waals surface area contributed by atoms with Crippen LogP contribution in [0.3, 0.4) is 0 Å². The largest absolute Gasteiger partial charge is 0.368 e. The van der Waals surface area contributed by atoms with Crippen molar-refractivity contribution in [2.75, 3.05) is 19.5 Å². The molecule has 2 aromatic rings. The molecule has 24 heavy (non-hydrogen) atoms. The fourth-order valence-corrected chi connectivity index (χ4v) is 3.94. The molecule has 1 atom stereocenters. The summed E-state index contributed by atoms with van der Waals surface area (Å²) in [6, 6.07) is 15.2. The molecule has 0 radical (unpaired) electrons. The third kappa shape index (κ3) is 4.40. The molecular weight excluding hydrogens is 345 g/mol. The van der Waals surface area contributed by atoms with Crippen molar-refractivity contribution < 1.29 is 13.6 Å². The highest BCUT2D eigenvalue weighted by Gasteiger charge is 2.35. The van der Waals surface area contributed by atoms with Crippen LogP contribution in [0.1, 0.15) is 36.7 Å². The lowest BCUT2D eigenvalue weighted by atomic mass is 10.0. The van der Waals surface area contributed by atoms with E-state index in [0.29, 0.717) is 10.9 Å². The monoisotopic (exact) mass is 367 g/mol. The molecule has 0 heterocycles. The summed E-state index contributed by atoms with van der Waals surface area (Å²) in [5, 5.41) is 3.88. The molecule has 0 saturated carbocycles. The van der Waals surface area contributed by atoms with Gasteiger partial charge in [0, 0.05) is 24.9 Å². The number of benzene rings is 2. The second-order valence-electron chi connectivity index (χ2n) is 5.78. The van der Waals surface area contributed by atoms with E-state index in [1.807, 2.05) is 24.3 Å². The van der Waals surface area contributed by atoms with Crippen LogP contribution >= 0.6 is 19.2 Å². The SMILES string of the molecule is COP(=O)(OC)[C@H](Nc1ccc(C(C)C)cc1)c1ccc(Cl)cc1. The number of hydrogen-bond acceptors (Lipinski definition) is 4. The molecule has 0 bridgehead atoms. The van der Waals surface area contributed by atoms with Gasteiger partial charge in [-0.3, -0.25) is 4.57 Å². The van der Waals surface area contributed by atoms with Gasteiger partial charge in [0.15, 0.2) is 5.78 Å². The molecule has 1 N–H and O–H groups in total. The highest BCUT2D eigenvalue weighted by atomic mass is 35.5. The molecule has 130 valence electrons. The van der Waals surface area contributed by atoms with Crippen LogP contribution in [-0.2, 0) is 13.6 Å². The second-order valence-corrected chi connectivity index (χ2v) is 8.54. The lowest BCUT2D eigenvalue weighted by molar-refractivity contribution is 0.268. The van der Waals surface area contributed by atoms with Crippen molar-refractivity contribution in [2.45, 2.75) is 25.5 Å². The molecule has 6 heteroatoms. The maximum atomic E-state index is 13.0. The molecule has 2 aromatic carbocycles. The van der Waals surface area contributed by atoms with Crippen LogP contribution in [-0.4, -0.2) is 14.2 Å². The van der Waals surface area contributed by atoms with Crippen LogP contribution in [0.25, 0.3) is 0 Å². The summed E-state index contributed by atoms with van der Waals surface area (Å²) in [7, 11) is -0.608. The van der Waals surface area contributed by atoms with Gasteiger partial charge in [-0.15, -0.1) is 0 Å². The van der Waals surface area contributed by atoms with E-state index in [0.717, 1.165) is 11.3 Å². The fraction of sp³-hybridized carbons (Fsp3) is 0.333. The van der Waals surface area contributed by atoms with Crippen LogP contribution < -0.4 is 5.32 Å². The molecule has 2 rings (SSSR count). The predicted molar refractivity (Wildman–Crippen MR) is 100.0 cm³/mol. The summed E-state index contributed by atoms with van der Waals surface area (Å²) in [6.45, 7) is 4.28. The number of rotatable bonds is 7. The minimum Gasteiger partial charge on any atom is -0.368 e. The lowest BCUT2D eigenvalue weighted by Crippen LogP contribution is -2.13. The van der Waals surface area contributed by atoms with Gasteiger partial charge in [-0.05, 0) is 41.3 Å². The third-order valence-corrected chi connectivity index (χ3v) is 6.22. The van der Waals surface area contributed by atoms with Gasteiger partial charge in [0.2, 0.25) is 0 Å².